The number of Topliss-reactive ketones (excluding diaryl/α,β-unsaturated/α-hetero) is 1. The number of ketones is 1. The molecule has 0 aliphatic rings. The molecule has 0 bridgehead atoms. The Labute approximate surface area is 108 Å². The van der Waals surface area contributed by atoms with Crippen LogP contribution in [0.15, 0.2) is 60.7 Å². The molecule has 0 heterocycles. The summed E-state index contributed by atoms with van der Waals surface area (Å²) in [7, 11) is 1.82. The molecule has 2 aromatic rings. The maximum absolute atomic E-state index is 12.2. The van der Waals surface area contributed by atoms with Crippen molar-refractivity contribution in [2.75, 3.05) is 7.05 Å². The molecule has 1 N–H and O–H groups in total. The van der Waals surface area contributed by atoms with Gasteiger partial charge in [-0.3, -0.25) is 4.79 Å². The molecule has 0 spiro atoms. The number of hydrogen-bond acceptors (Lipinski definition) is 2. The molecular weight excluding hydrogens is 222 g/mol. The van der Waals surface area contributed by atoms with Crippen LogP contribution in [0.2, 0.25) is 0 Å². The van der Waals surface area contributed by atoms with Crippen LogP contribution >= 0.6 is 0 Å². The summed E-state index contributed by atoms with van der Waals surface area (Å²) in [5, 5.41) is 3.20. The first-order valence-corrected chi connectivity index (χ1v) is 6.03. The summed E-state index contributed by atoms with van der Waals surface area (Å²) in [6.07, 6.45) is 0. The molecule has 0 saturated carbocycles. The number of nitrogens with one attached hydrogen (secondary N) is 1. The Hall–Kier alpha value is -1.93. The molecule has 0 aliphatic heterocycles. The minimum Gasteiger partial charge on any atom is -0.301 e. The van der Waals surface area contributed by atoms with E-state index in [0.717, 1.165) is 11.1 Å². The monoisotopic (exact) mass is 239 g/mol. The van der Waals surface area contributed by atoms with Crippen LogP contribution in [0.25, 0.3) is 0 Å². The molecule has 0 radical (unpaired) electrons. The molecule has 0 saturated heterocycles. The molecule has 2 heteroatoms. The van der Waals surface area contributed by atoms with Crippen molar-refractivity contribution in [1.29, 1.82) is 0 Å². The summed E-state index contributed by atoms with van der Waals surface area (Å²) in [5.74, 6) is 0.0856. The Balaban J connectivity index is 2.65. The molecule has 0 amide bonds. The number of carbonyl (C=O) groups excluding carboxylic acids is 1. The van der Waals surface area contributed by atoms with Gasteiger partial charge in [-0.05, 0) is 25.1 Å². The smallest absolute Gasteiger partial charge is 0.158 e. The maximum Gasteiger partial charge on any atom is 0.158 e. The lowest BCUT2D eigenvalue weighted by atomic mass is 9.80. The molecule has 2 rings (SSSR count). The number of rotatable bonds is 4. The van der Waals surface area contributed by atoms with Crippen LogP contribution in [0, 0.1) is 0 Å². The van der Waals surface area contributed by atoms with Crippen molar-refractivity contribution in [3.63, 3.8) is 0 Å². The van der Waals surface area contributed by atoms with Gasteiger partial charge in [0, 0.05) is 0 Å². The fraction of sp³-hybridized carbons (Fsp3) is 0.188. The van der Waals surface area contributed by atoms with E-state index in [4.69, 9.17) is 0 Å². The van der Waals surface area contributed by atoms with Crippen LogP contribution in [0.3, 0.4) is 0 Å². The molecule has 2 nitrogen and oxygen atoms in total. The van der Waals surface area contributed by atoms with Gasteiger partial charge >= 0.3 is 0 Å². The summed E-state index contributed by atoms with van der Waals surface area (Å²) in [6, 6.07) is 19.6. The summed E-state index contributed by atoms with van der Waals surface area (Å²) in [6.45, 7) is 1.62. The molecule has 0 fully saturated rings. The predicted molar refractivity (Wildman–Crippen MR) is 73.4 cm³/mol. The van der Waals surface area contributed by atoms with Gasteiger partial charge in [0.1, 0.15) is 5.54 Å². The van der Waals surface area contributed by atoms with Crippen LogP contribution in [0.1, 0.15) is 18.1 Å². The SMILES string of the molecule is CNC(C(C)=O)(c1ccccc1)c1ccccc1. The zero-order valence-corrected chi connectivity index (χ0v) is 10.7. The second kappa shape index (κ2) is 5.15. The van der Waals surface area contributed by atoms with Crippen LogP contribution in [0.5, 0.6) is 0 Å². The van der Waals surface area contributed by atoms with E-state index in [1.165, 1.54) is 0 Å². The van der Waals surface area contributed by atoms with Gasteiger partial charge in [0.15, 0.2) is 5.78 Å². The van der Waals surface area contributed by atoms with E-state index in [2.05, 4.69) is 5.32 Å². The lowest BCUT2D eigenvalue weighted by Crippen LogP contribution is -2.47. The van der Waals surface area contributed by atoms with Crippen molar-refractivity contribution in [3.8, 4) is 0 Å². The third-order valence-electron chi connectivity index (χ3n) is 3.32. The average Bonchev–Trinajstić information content (AvgIpc) is 2.42. The van der Waals surface area contributed by atoms with E-state index in [-0.39, 0.29) is 5.78 Å². The van der Waals surface area contributed by atoms with E-state index in [0.29, 0.717) is 0 Å². The molecular formula is C16H17NO. The van der Waals surface area contributed by atoms with E-state index >= 15 is 0 Å². The topological polar surface area (TPSA) is 29.1 Å². The van der Waals surface area contributed by atoms with Crippen molar-refractivity contribution in [3.05, 3.63) is 71.8 Å². The van der Waals surface area contributed by atoms with Gasteiger partial charge in [-0.2, -0.15) is 0 Å². The normalized spacial score (nSPS) is 11.2. The van der Waals surface area contributed by atoms with Crippen LogP contribution in [-0.4, -0.2) is 12.8 Å². The summed E-state index contributed by atoms with van der Waals surface area (Å²) < 4.78 is 0. The first-order chi connectivity index (χ1) is 8.71. The zero-order valence-electron chi connectivity index (χ0n) is 10.7. The minimum atomic E-state index is -0.761. The lowest BCUT2D eigenvalue weighted by molar-refractivity contribution is -0.121. The average molecular weight is 239 g/mol. The minimum absolute atomic E-state index is 0.0856. The molecule has 18 heavy (non-hydrogen) atoms. The van der Waals surface area contributed by atoms with Crippen LogP contribution in [-0.2, 0) is 10.3 Å². The summed E-state index contributed by atoms with van der Waals surface area (Å²) in [5.41, 5.74) is 1.17. The van der Waals surface area contributed by atoms with E-state index in [9.17, 15) is 4.79 Å². The lowest BCUT2D eigenvalue weighted by Gasteiger charge is -2.32. The maximum atomic E-state index is 12.2. The number of carbonyl (C=O) groups is 1. The van der Waals surface area contributed by atoms with Crippen LogP contribution < -0.4 is 5.32 Å². The van der Waals surface area contributed by atoms with Crippen LogP contribution in [0.4, 0.5) is 0 Å². The fourth-order valence-corrected chi connectivity index (χ4v) is 2.41. The number of likely N-dealkylation sites (N-methyl/N-ethyl adjacent to an activating group) is 1. The van der Waals surface area contributed by atoms with Gasteiger partial charge in [-0.1, -0.05) is 60.7 Å². The Morgan fingerprint density at radius 3 is 1.56 bits per heavy atom. The highest BCUT2D eigenvalue weighted by atomic mass is 16.1. The molecule has 2 aromatic carbocycles. The molecule has 0 aromatic heterocycles. The zero-order chi connectivity index (χ0) is 13.0. The van der Waals surface area contributed by atoms with Crippen molar-refractivity contribution >= 4 is 5.78 Å². The molecule has 92 valence electrons. The Morgan fingerprint density at radius 2 is 1.28 bits per heavy atom. The highest BCUT2D eigenvalue weighted by Crippen LogP contribution is 2.30. The first-order valence-electron chi connectivity index (χ1n) is 6.03. The van der Waals surface area contributed by atoms with Gasteiger partial charge in [-0.15, -0.1) is 0 Å². The Kier molecular flexibility index (Phi) is 3.58. The second-order valence-electron chi connectivity index (χ2n) is 4.29. The number of hydrogen-bond donors (Lipinski definition) is 1. The highest BCUT2D eigenvalue weighted by Gasteiger charge is 2.37. The second-order valence-corrected chi connectivity index (χ2v) is 4.29. The van der Waals surface area contributed by atoms with E-state index in [1.54, 1.807) is 6.92 Å². The van der Waals surface area contributed by atoms with E-state index < -0.39 is 5.54 Å². The van der Waals surface area contributed by atoms with Gasteiger partial charge < -0.3 is 5.32 Å². The van der Waals surface area contributed by atoms with Gasteiger partial charge in [-0.25, -0.2) is 0 Å². The Morgan fingerprint density at radius 1 is 0.889 bits per heavy atom. The molecule has 0 atom stereocenters. The van der Waals surface area contributed by atoms with Crippen molar-refractivity contribution in [2.45, 2.75) is 12.5 Å². The number of benzene rings is 2. The highest BCUT2D eigenvalue weighted by molar-refractivity contribution is 5.91. The Bertz CT molecular complexity index is 480. The van der Waals surface area contributed by atoms with Crippen molar-refractivity contribution in [1.82, 2.24) is 5.32 Å². The predicted octanol–water partition coefficient (Wildman–Crippen LogP) is 2.74. The third-order valence-corrected chi connectivity index (χ3v) is 3.32. The summed E-state index contributed by atoms with van der Waals surface area (Å²) in [4.78, 5) is 12.2. The summed E-state index contributed by atoms with van der Waals surface area (Å²) >= 11 is 0. The van der Waals surface area contributed by atoms with Gasteiger partial charge in [0.05, 0.1) is 0 Å². The van der Waals surface area contributed by atoms with Gasteiger partial charge in [0.2, 0.25) is 0 Å². The largest absolute Gasteiger partial charge is 0.301 e. The third kappa shape index (κ3) is 1.95. The van der Waals surface area contributed by atoms with Gasteiger partial charge in [0.25, 0.3) is 0 Å². The van der Waals surface area contributed by atoms with E-state index in [1.807, 2.05) is 67.7 Å². The molecule has 0 aliphatic carbocycles. The first kappa shape index (κ1) is 12.5. The standard InChI is InChI=1S/C16H17NO/c1-13(18)16(17-2,14-9-5-3-6-10-14)15-11-7-4-8-12-15/h3-12,17H,1-2H3. The fourth-order valence-electron chi connectivity index (χ4n) is 2.41. The molecule has 0 unspecified atom stereocenters. The quantitative estimate of drug-likeness (QED) is 0.889. The van der Waals surface area contributed by atoms with Crippen molar-refractivity contribution in [2.24, 2.45) is 0 Å². The van der Waals surface area contributed by atoms with Crippen molar-refractivity contribution < 1.29 is 4.79 Å².